The van der Waals surface area contributed by atoms with Crippen LogP contribution in [0.5, 0.6) is 0 Å². The van der Waals surface area contributed by atoms with Gasteiger partial charge in [0.15, 0.2) is 0 Å². The van der Waals surface area contributed by atoms with Gasteiger partial charge >= 0.3 is 0 Å². The molecule has 13 heteroatoms. The van der Waals surface area contributed by atoms with Crippen molar-refractivity contribution in [2.24, 2.45) is 5.92 Å². The number of carbonyl (C=O) groups excluding carboxylic acids is 5. The molecule has 1 unspecified atom stereocenters. The second-order valence-corrected chi connectivity index (χ2v) is 12.4. The van der Waals surface area contributed by atoms with Crippen LogP contribution in [0.2, 0.25) is 0 Å². The number of nitrogens with zero attached hydrogens (tertiary/aromatic N) is 5. The number of benzene rings is 2. The fourth-order valence-corrected chi connectivity index (χ4v) is 5.85. The molecule has 3 aliphatic rings. The second-order valence-electron chi connectivity index (χ2n) is 11.5. The zero-order valence-electron chi connectivity index (χ0n) is 24.3. The molecule has 1 atom stereocenters. The summed E-state index contributed by atoms with van der Waals surface area (Å²) in [6.07, 6.45) is 3.50. The SMILES string of the molecule is CC(C)(C(=O)Nc1ccc(C#N)c(Br)c1)n1cc(C#CC2CN(c3ccc4c(c3)C(=O)N(C3CCC(=O)NC3=O)C4=O)C2)cn1. The molecule has 4 heterocycles. The molecule has 0 saturated carbocycles. The van der Waals surface area contributed by atoms with E-state index in [1.54, 1.807) is 67.3 Å². The van der Waals surface area contributed by atoms with Crippen LogP contribution in [-0.2, 0) is 19.9 Å². The first-order valence-electron chi connectivity index (χ1n) is 14.1. The number of hydrogen-bond donors (Lipinski definition) is 2. The number of fused-ring (bicyclic) bond motifs is 1. The van der Waals surface area contributed by atoms with E-state index in [0.717, 1.165) is 10.6 Å². The van der Waals surface area contributed by atoms with Crippen molar-refractivity contribution in [3.05, 3.63) is 75.5 Å². The van der Waals surface area contributed by atoms with Gasteiger partial charge in [-0.25, -0.2) is 0 Å². The molecule has 2 fully saturated rings. The van der Waals surface area contributed by atoms with Gasteiger partial charge in [0.2, 0.25) is 11.8 Å². The Morgan fingerprint density at radius 3 is 2.56 bits per heavy atom. The van der Waals surface area contributed by atoms with Crippen LogP contribution in [0.25, 0.3) is 0 Å². The minimum Gasteiger partial charge on any atom is -0.369 e. The molecule has 0 spiro atoms. The molecular formula is C32H26BrN7O5. The van der Waals surface area contributed by atoms with E-state index in [-0.39, 0.29) is 35.8 Å². The zero-order valence-corrected chi connectivity index (χ0v) is 25.8. The lowest BCUT2D eigenvalue weighted by molar-refractivity contribution is -0.136. The molecule has 6 rings (SSSR count). The van der Waals surface area contributed by atoms with Gasteiger partial charge in [-0.05, 0) is 72.6 Å². The van der Waals surface area contributed by atoms with E-state index in [2.05, 4.69) is 49.6 Å². The zero-order chi connectivity index (χ0) is 32.0. The molecule has 0 aliphatic carbocycles. The third kappa shape index (κ3) is 5.47. The van der Waals surface area contributed by atoms with Crippen molar-refractivity contribution in [3.63, 3.8) is 0 Å². The summed E-state index contributed by atoms with van der Waals surface area (Å²) < 4.78 is 2.14. The van der Waals surface area contributed by atoms with E-state index in [1.807, 2.05) is 4.90 Å². The Morgan fingerprint density at radius 2 is 1.84 bits per heavy atom. The fourth-order valence-electron chi connectivity index (χ4n) is 5.39. The second kappa shape index (κ2) is 11.3. The highest BCUT2D eigenvalue weighted by Crippen LogP contribution is 2.33. The summed E-state index contributed by atoms with van der Waals surface area (Å²) >= 11 is 3.33. The molecule has 3 aromatic rings. The van der Waals surface area contributed by atoms with Crippen LogP contribution in [0.15, 0.2) is 53.3 Å². The summed E-state index contributed by atoms with van der Waals surface area (Å²) in [5, 5.41) is 18.5. The van der Waals surface area contributed by atoms with E-state index in [0.29, 0.717) is 34.4 Å². The smallest absolute Gasteiger partial charge is 0.262 e. The van der Waals surface area contributed by atoms with Crippen LogP contribution >= 0.6 is 15.9 Å². The number of hydrogen-bond acceptors (Lipinski definition) is 8. The summed E-state index contributed by atoms with van der Waals surface area (Å²) in [7, 11) is 0. The Hall–Kier alpha value is -5.27. The molecule has 1 aromatic heterocycles. The molecule has 3 aliphatic heterocycles. The molecular weight excluding hydrogens is 642 g/mol. The third-order valence-electron chi connectivity index (χ3n) is 8.15. The Kier molecular flexibility index (Phi) is 7.51. The van der Waals surface area contributed by atoms with Gasteiger partial charge in [0.25, 0.3) is 17.7 Å². The van der Waals surface area contributed by atoms with Crippen LogP contribution in [0.1, 0.15) is 58.5 Å². The minimum atomic E-state index is -1.02. The maximum Gasteiger partial charge on any atom is 0.262 e. The van der Waals surface area contributed by atoms with Gasteiger partial charge in [0.05, 0.1) is 34.4 Å². The van der Waals surface area contributed by atoms with Gasteiger partial charge in [0, 0.05) is 41.6 Å². The van der Waals surface area contributed by atoms with Crippen molar-refractivity contribution in [2.75, 3.05) is 23.3 Å². The number of halogens is 1. The number of imide groups is 2. The predicted octanol–water partition coefficient (Wildman–Crippen LogP) is 2.78. The number of piperidine rings is 1. The van der Waals surface area contributed by atoms with Crippen molar-refractivity contribution in [1.82, 2.24) is 20.0 Å². The summed E-state index contributed by atoms with van der Waals surface area (Å²) in [6.45, 7) is 4.72. The van der Waals surface area contributed by atoms with E-state index >= 15 is 0 Å². The molecule has 2 N–H and O–H groups in total. The van der Waals surface area contributed by atoms with Gasteiger partial charge < -0.3 is 10.2 Å². The van der Waals surface area contributed by atoms with E-state index in [1.165, 1.54) is 0 Å². The molecule has 45 heavy (non-hydrogen) atoms. The molecule has 2 saturated heterocycles. The Morgan fingerprint density at radius 1 is 1.09 bits per heavy atom. The molecule has 12 nitrogen and oxygen atoms in total. The summed E-state index contributed by atoms with van der Waals surface area (Å²) in [6, 6.07) is 11.1. The Balaban J connectivity index is 1.07. The van der Waals surface area contributed by atoms with Crippen molar-refractivity contribution < 1.29 is 24.0 Å². The van der Waals surface area contributed by atoms with Crippen LogP contribution in [-0.4, -0.2) is 63.3 Å². The number of rotatable bonds is 5. The van der Waals surface area contributed by atoms with Gasteiger partial charge in [-0.2, -0.15) is 10.4 Å². The van der Waals surface area contributed by atoms with Gasteiger partial charge in [-0.3, -0.25) is 38.9 Å². The molecule has 0 radical (unpaired) electrons. The number of nitrogens with one attached hydrogen (secondary N) is 2. The first-order valence-corrected chi connectivity index (χ1v) is 14.9. The number of anilines is 2. The predicted molar refractivity (Wildman–Crippen MR) is 165 cm³/mol. The van der Waals surface area contributed by atoms with Crippen LogP contribution < -0.4 is 15.5 Å². The summed E-state index contributed by atoms with van der Waals surface area (Å²) in [5.74, 6) is 4.01. The average molecular weight is 669 g/mol. The van der Waals surface area contributed by atoms with E-state index < -0.39 is 35.2 Å². The fraction of sp³-hybridized carbons (Fsp3) is 0.281. The highest BCUT2D eigenvalue weighted by molar-refractivity contribution is 9.10. The first-order chi connectivity index (χ1) is 21.5. The minimum absolute atomic E-state index is 0.0602. The van der Waals surface area contributed by atoms with Gasteiger partial charge in [-0.15, -0.1) is 0 Å². The number of amides is 5. The normalized spacial score (nSPS) is 18.0. The monoisotopic (exact) mass is 667 g/mol. The molecule has 5 amide bonds. The number of aromatic nitrogens is 2. The standard InChI is InChI=1S/C32H26BrN7O5/c1-32(2,31(45)36-21-6-5-20(13-34)25(33)11-21)39-17-18(14-35-39)3-4-19-15-38(16-19)22-7-8-23-24(12-22)30(44)40(29(23)43)26-9-10-27(41)37-28(26)42/h5-8,11-12,14,17,19,26H,9-10,15-16H2,1-2H3,(H,36,45)(H,37,41,42). The van der Waals surface area contributed by atoms with Crippen molar-refractivity contribution >= 4 is 56.8 Å². The quantitative estimate of drug-likeness (QED) is 0.311. The maximum absolute atomic E-state index is 13.1. The highest BCUT2D eigenvalue weighted by Gasteiger charge is 2.45. The summed E-state index contributed by atoms with van der Waals surface area (Å²) in [5.41, 5.74) is 1.90. The van der Waals surface area contributed by atoms with Crippen molar-refractivity contribution in [3.8, 4) is 17.9 Å². The Bertz CT molecular complexity index is 1910. The van der Waals surface area contributed by atoms with Crippen LogP contribution in [0.3, 0.4) is 0 Å². The van der Waals surface area contributed by atoms with Crippen molar-refractivity contribution in [2.45, 2.75) is 38.3 Å². The first kappa shape index (κ1) is 29.8. The highest BCUT2D eigenvalue weighted by atomic mass is 79.9. The largest absolute Gasteiger partial charge is 0.369 e. The Labute approximate surface area is 266 Å². The molecule has 0 bridgehead atoms. The summed E-state index contributed by atoms with van der Waals surface area (Å²) in [4.78, 5) is 66.0. The average Bonchev–Trinajstić information content (AvgIpc) is 3.56. The lowest BCUT2D eigenvalue weighted by Gasteiger charge is -2.38. The third-order valence-corrected chi connectivity index (χ3v) is 8.81. The van der Waals surface area contributed by atoms with Crippen molar-refractivity contribution in [1.29, 1.82) is 5.26 Å². The molecule has 226 valence electrons. The van der Waals surface area contributed by atoms with Gasteiger partial charge in [0.1, 0.15) is 17.6 Å². The van der Waals surface area contributed by atoms with Gasteiger partial charge in [-0.1, -0.05) is 11.8 Å². The lowest BCUT2D eigenvalue weighted by atomic mass is 9.98. The lowest BCUT2D eigenvalue weighted by Crippen LogP contribution is -2.54. The topological polar surface area (TPSA) is 158 Å². The maximum atomic E-state index is 13.1. The van der Waals surface area contributed by atoms with Crippen LogP contribution in [0, 0.1) is 29.1 Å². The van der Waals surface area contributed by atoms with E-state index in [4.69, 9.17) is 5.26 Å². The number of carbonyl (C=O) groups is 5. The van der Waals surface area contributed by atoms with E-state index in [9.17, 15) is 24.0 Å². The van der Waals surface area contributed by atoms with Crippen LogP contribution in [0.4, 0.5) is 11.4 Å². The molecule has 2 aromatic carbocycles. The number of nitriles is 1.